The lowest BCUT2D eigenvalue weighted by molar-refractivity contribution is -0.459. The average molecular weight is 378 g/mol. The summed E-state index contributed by atoms with van der Waals surface area (Å²) in [5.74, 6) is -19.0. The molecule has 0 aliphatic carbocycles. The molecule has 1 N–H and O–H groups in total. The minimum Gasteiger partial charge on any atom is -0.481 e. The van der Waals surface area contributed by atoms with Crippen LogP contribution in [0.2, 0.25) is 0 Å². The third-order valence-corrected chi connectivity index (χ3v) is 2.67. The third-order valence-electron chi connectivity index (χ3n) is 2.67. The van der Waals surface area contributed by atoms with E-state index in [-0.39, 0.29) is 0 Å². The zero-order valence-electron chi connectivity index (χ0n) is 9.98. The molecule has 0 atom stereocenters. The van der Waals surface area contributed by atoms with Crippen LogP contribution in [0.15, 0.2) is 0 Å². The molecule has 23 heavy (non-hydrogen) atoms. The number of halogens is 13. The number of alkyl halides is 13. The topological polar surface area (TPSA) is 37.3 Å². The Kier molecular flexibility index (Phi) is 4.96. The van der Waals surface area contributed by atoms with Crippen LogP contribution in [-0.4, -0.2) is 41.4 Å². The van der Waals surface area contributed by atoms with E-state index < -0.39 is 48.2 Å². The first kappa shape index (κ1) is 21.6. The Morgan fingerprint density at radius 3 is 1.09 bits per heavy atom. The fourth-order valence-corrected chi connectivity index (χ4v) is 1.50. The van der Waals surface area contributed by atoms with Gasteiger partial charge in [-0.2, -0.15) is 57.1 Å². The standard InChI is InChI=1S/C8H3F13O2/c9-4(10,5(11,12)8(19,20)21)3(1-2(22)23,6(13,14)15)7(16,17)18/h1H2,(H,22,23). The van der Waals surface area contributed by atoms with Gasteiger partial charge in [-0.15, -0.1) is 0 Å². The maximum Gasteiger partial charge on any atom is 0.459 e. The Labute approximate surface area is 116 Å². The predicted molar refractivity (Wildman–Crippen MR) is 42.7 cm³/mol. The van der Waals surface area contributed by atoms with Crippen molar-refractivity contribution in [3.8, 4) is 0 Å². The molecule has 0 radical (unpaired) electrons. The lowest BCUT2D eigenvalue weighted by atomic mass is 9.73. The van der Waals surface area contributed by atoms with Crippen LogP contribution >= 0.6 is 0 Å². The Morgan fingerprint density at radius 2 is 0.913 bits per heavy atom. The van der Waals surface area contributed by atoms with Gasteiger partial charge in [0, 0.05) is 0 Å². The summed E-state index contributed by atoms with van der Waals surface area (Å²) in [7, 11) is 0. The molecule has 0 saturated carbocycles. The highest BCUT2D eigenvalue weighted by molar-refractivity contribution is 5.68. The number of hydrogen-bond acceptors (Lipinski definition) is 1. The van der Waals surface area contributed by atoms with Gasteiger partial charge in [0.2, 0.25) is 5.41 Å². The molecule has 0 aromatic heterocycles. The summed E-state index contributed by atoms with van der Waals surface area (Å²) in [5.41, 5.74) is -7.17. The van der Waals surface area contributed by atoms with Crippen LogP contribution in [-0.2, 0) is 4.79 Å². The number of rotatable bonds is 4. The second kappa shape index (κ2) is 5.29. The van der Waals surface area contributed by atoms with Gasteiger partial charge >= 0.3 is 36.3 Å². The van der Waals surface area contributed by atoms with Crippen molar-refractivity contribution in [2.75, 3.05) is 0 Å². The lowest BCUT2D eigenvalue weighted by Gasteiger charge is -2.44. The van der Waals surface area contributed by atoms with Crippen LogP contribution in [0.4, 0.5) is 57.1 Å². The minimum absolute atomic E-state index is 3.32. The Balaban J connectivity index is 6.87. The van der Waals surface area contributed by atoms with Gasteiger partial charge in [-0.3, -0.25) is 4.79 Å². The zero-order chi connectivity index (χ0) is 19.3. The van der Waals surface area contributed by atoms with Crippen LogP contribution in [0.1, 0.15) is 6.42 Å². The van der Waals surface area contributed by atoms with Crippen LogP contribution in [0.5, 0.6) is 0 Å². The quantitative estimate of drug-likeness (QED) is 0.737. The molecule has 0 saturated heterocycles. The first-order valence-electron chi connectivity index (χ1n) is 4.84. The summed E-state index contributed by atoms with van der Waals surface area (Å²) in [6.07, 6.45) is -26.3. The summed E-state index contributed by atoms with van der Waals surface area (Å²) in [6.45, 7) is 0. The molecule has 0 amide bonds. The molecular formula is C8H3F13O2. The van der Waals surface area contributed by atoms with E-state index in [0.717, 1.165) is 0 Å². The zero-order valence-corrected chi connectivity index (χ0v) is 9.98. The molecule has 0 bridgehead atoms. The first-order valence-corrected chi connectivity index (χ1v) is 4.84. The van der Waals surface area contributed by atoms with Crippen molar-refractivity contribution in [2.24, 2.45) is 5.41 Å². The van der Waals surface area contributed by atoms with E-state index in [1.807, 2.05) is 0 Å². The summed E-state index contributed by atoms with van der Waals surface area (Å²) >= 11 is 0. The van der Waals surface area contributed by atoms with Crippen LogP contribution < -0.4 is 0 Å². The molecule has 2 nitrogen and oxygen atoms in total. The van der Waals surface area contributed by atoms with Crippen LogP contribution in [0.25, 0.3) is 0 Å². The highest BCUT2D eigenvalue weighted by Crippen LogP contribution is 2.66. The summed E-state index contributed by atoms with van der Waals surface area (Å²) in [6, 6.07) is 0. The second-order valence-electron chi connectivity index (χ2n) is 4.12. The van der Waals surface area contributed by atoms with Gasteiger partial charge in [0.1, 0.15) is 0 Å². The van der Waals surface area contributed by atoms with Crippen LogP contribution in [0, 0.1) is 5.41 Å². The van der Waals surface area contributed by atoms with Crippen molar-refractivity contribution in [1.29, 1.82) is 0 Å². The monoisotopic (exact) mass is 378 g/mol. The molecule has 0 heterocycles. The highest BCUT2D eigenvalue weighted by atomic mass is 19.4. The predicted octanol–water partition coefficient (Wildman–Crippen LogP) is 4.41. The summed E-state index contributed by atoms with van der Waals surface area (Å²) < 4.78 is 162. The van der Waals surface area contributed by atoms with Gasteiger partial charge in [0.05, 0.1) is 6.42 Å². The molecule has 0 aliphatic heterocycles. The molecule has 0 aromatic rings. The van der Waals surface area contributed by atoms with E-state index in [0.29, 0.717) is 0 Å². The maximum absolute atomic E-state index is 13.2. The van der Waals surface area contributed by atoms with E-state index in [1.54, 1.807) is 0 Å². The summed E-state index contributed by atoms with van der Waals surface area (Å²) in [5, 5.41) is 7.95. The van der Waals surface area contributed by atoms with E-state index >= 15 is 0 Å². The Bertz CT molecular complexity index is 440. The Hall–Kier alpha value is -1.44. The summed E-state index contributed by atoms with van der Waals surface area (Å²) in [4.78, 5) is 10.1. The van der Waals surface area contributed by atoms with Gasteiger partial charge in [-0.25, -0.2) is 0 Å². The van der Waals surface area contributed by atoms with Crippen molar-refractivity contribution in [3.63, 3.8) is 0 Å². The lowest BCUT2D eigenvalue weighted by Crippen LogP contribution is -2.70. The molecule has 138 valence electrons. The van der Waals surface area contributed by atoms with E-state index in [9.17, 15) is 61.9 Å². The number of carboxylic acid groups (broad SMARTS) is 1. The Morgan fingerprint density at radius 1 is 0.609 bits per heavy atom. The number of carbonyl (C=O) groups is 1. The van der Waals surface area contributed by atoms with Crippen molar-refractivity contribution in [1.82, 2.24) is 0 Å². The molecule has 0 fully saturated rings. The average Bonchev–Trinajstić information content (AvgIpc) is 2.19. The van der Waals surface area contributed by atoms with Gasteiger partial charge in [0.15, 0.2) is 0 Å². The third kappa shape index (κ3) is 3.00. The van der Waals surface area contributed by atoms with Gasteiger partial charge in [-0.1, -0.05) is 0 Å². The smallest absolute Gasteiger partial charge is 0.459 e. The van der Waals surface area contributed by atoms with Gasteiger partial charge in [0.25, 0.3) is 0 Å². The molecule has 0 spiro atoms. The maximum atomic E-state index is 13.2. The molecule has 0 aromatic carbocycles. The molecular weight excluding hydrogens is 375 g/mol. The number of carboxylic acids is 1. The van der Waals surface area contributed by atoms with Crippen molar-refractivity contribution in [2.45, 2.75) is 36.8 Å². The van der Waals surface area contributed by atoms with Crippen molar-refractivity contribution >= 4 is 5.97 Å². The van der Waals surface area contributed by atoms with E-state index in [2.05, 4.69) is 0 Å². The SMILES string of the molecule is O=C(O)CC(C(F)(F)F)(C(F)(F)F)C(F)(F)C(F)(F)C(F)(F)F. The second-order valence-corrected chi connectivity index (χ2v) is 4.12. The van der Waals surface area contributed by atoms with E-state index in [4.69, 9.17) is 5.11 Å². The molecule has 0 rings (SSSR count). The molecule has 0 aliphatic rings. The van der Waals surface area contributed by atoms with Crippen molar-refractivity contribution < 1.29 is 67.0 Å². The van der Waals surface area contributed by atoms with E-state index in [1.165, 1.54) is 0 Å². The number of hydrogen-bond donors (Lipinski definition) is 1. The van der Waals surface area contributed by atoms with Crippen LogP contribution in [0.3, 0.4) is 0 Å². The largest absolute Gasteiger partial charge is 0.481 e. The fraction of sp³-hybridized carbons (Fsp3) is 0.875. The minimum atomic E-state index is -7.90. The number of aliphatic carboxylic acids is 1. The first-order chi connectivity index (χ1) is 9.67. The fourth-order valence-electron chi connectivity index (χ4n) is 1.50. The molecule has 15 heteroatoms. The van der Waals surface area contributed by atoms with Gasteiger partial charge in [-0.05, 0) is 0 Å². The normalized spacial score (nSPS) is 15.7. The van der Waals surface area contributed by atoms with Gasteiger partial charge < -0.3 is 5.11 Å². The molecule has 0 unspecified atom stereocenters. The van der Waals surface area contributed by atoms with Crippen molar-refractivity contribution in [3.05, 3.63) is 0 Å². The highest BCUT2D eigenvalue weighted by Gasteiger charge is 2.92.